The SMILES string of the molecule is CC(C)CN1CC2CC3C=NC2(C(=O)NCC(=O)OC(C)(C)C)C1C3. The molecule has 4 atom stereocenters. The predicted molar refractivity (Wildman–Crippen MR) is 96.5 cm³/mol. The Kier molecular flexibility index (Phi) is 4.69. The van der Waals surface area contributed by atoms with Gasteiger partial charge in [-0.3, -0.25) is 19.5 Å². The molecule has 2 fully saturated rings. The Balaban J connectivity index is 1.71. The van der Waals surface area contributed by atoms with Gasteiger partial charge in [0, 0.05) is 31.3 Å². The highest BCUT2D eigenvalue weighted by Crippen LogP contribution is 2.51. The number of hydrogen-bond donors (Lipinski definition) is 1. The average Bonchev–Trinajstić information content (AvgIpc) is 2.69. The van der Waals surface area contributed by atoms with E-state index >= 15 is 0 Å². The number of amides is 1. The van der Waals surface area contributed by atoms with Gasteiger partial charge in [0.2, 0.25) is 5.91 Å². The van der Waals surface area contributed by atoms with Crippen LogP contribution in [0.4, 0.5) is 0 Å². The van der Waals surface area contributed by atoms with Crippen molar-refractivity contribution in [2.75, 3.05) is 19.6 Å². The third kappa shape index (κ3) is 3.46. The molecule has 6 heteroatoms. The van der Waals surface area contributed by atoms with Gasteiger partial charge < -0.3 is 10.1 Å². The van der Waals surface area contributed by atoms with Gasteiger partial charge in [0.25, 0.3) is 0 Å². The van der Waals surface area contributed by atoms with Crippen molar-refractivity contribution in [1.29, 1.82) is 0 Å². The van der Waals surface area contributed by atoms with Crippen molar-refractivity contribution >= 4 is 18.1 Å². The number of esters is 1. The molecule has 0 spiro atoms. The highest BCUT2D eigenvalue weighted by molar-refractivity contribution is 5.93. The molecule has 4 aliphatic rings. The molecule has 1 saturated carbocycles. The number of rotatable bonds is 5. The zero-order valence-corrected chi connectivity index (χ0v) is 16.0. The van der Waals surface area contributed by atoms with Crippen molar-refractivity contribution in [3.63, 3.8) is 0 Å². The van der Waals surface area contributed by atoms with Gasteiger partial charge in [-0.05, 0) is 45.4 Å². The summed E-state index contributed by atoms with van der Waals surface area (Å²) in [6.45, 7) is 11.7. The van der Waals surface area contributed by atoms with E-state index in [9.17, 15) is 9.59 Å². The van der Waals surface area contributed by atoms with Crippen LogP contribution in [0.3, 0.4) is 0 Å². The highest BCUT2D eigenvalue weighted by atomic mass is 16.6. The van der Waals surface area contributed by atoms with Crippen LogP contribution in [0, 0.1) is 17.8 Å². The maximum atomic E-state index is 13.1. The zero-order chi connectivity index (χ0) is 18.4. The maximum absolute atomic E-state index is 13.1. The lowest BCUT2D eigenvalue weighted by Gasteiger charge is -2.46. The molecule has 1 N–H and O–H groups in total. The van der Waals surface area contributed by atoms with Gasteiger partial charge in [0.1, 0.15) is 12.1 Å². The first-order valence-electron chi connectivity index (χ1n) is 9.41. The molecule has 4 unspecified atom stereocenters. The molecule has 6 nitrogen and oxygen atoms in total. The summed E-state index contributed by atoms with van der Waals surface area (Å²) in [5.74, 6) is 0.779. The van der Waals surface area contributed by atoms with Crippen LogP contribution in [0.2, 0.25) is 0 Å². The Morgan fingerprint density at radius 3 is 2.72 bits per heavy atom. The van der Waals surface area contributed by atoms with Crippen molar-refractivity contribution in [3.05, 3.63) is 0 Å². The summed E-state index contributed by atoms with van der Waals surface area (Å²) in [5, 5.41) is 2.81. The number of carbonyl (C=O) groups excluding carboxylic acids is 2. The van der Waals surface area contributed by atoms with E-state index in [0.29, 0.717) is 11.8 Å². The lowest BCUT2D eigenvalue weighted by Crippen LogP contribution is -2.62. The Morgan fingerprint density at radius 1 is 1.36 bits per heavy atom. The maximum Gasteiger partial charge on any atom is 0.325 e. The van der Waals surface area contributed by atoms with E-state index in [2.05, 4.69) is 24.1 Å². The van der Waals surface area contributed by atoms with Crippen molar-refractivity contribution in [2.24, 2.45) is 22.7 Å². The number of nitrogens with one attached hydrogen (secondary N) is 1. The number of aliphatic imine (C=N–C) groups is 1. The Labute approximate surface area is 150 Å². The van der Waals surface area contributed by atoms with Crippen molar-refractivity contribution < 1.29 is 14.3 Å². The van der Waals surface area contributed by atoms with Gasteiger partial charge in [-0.25, -0.2) is 0 Å². The Bertz CT molecular complexity index is 581. The summed E-state index contributed by atoms with van der Waals surface area (Å²) in [6, 6.07) is 0.155. The fourth-order valence-corrected chi connectivity index (χ4v) is 4.71. The first kappa shape index (κ1) is 18.4. The summed E-state index contributed by atoms with van der Waals surface area (Å²) in [5.41, 5.74) is -1.26. The van der Waals surface area contributed by atoms with E-state index in [-0.39, 0.29) is 24.4 Å². The van der Waals surface area contributed by atoms with Crippen LogP contribution >= 0.6 is 0 Å². The van der Waals surface area contributed by atoms with E-state index < -0.39 is 17.1 Å². The third-order valence-corrected chi connectivity index (χ3v) is 5.42. The molecule has 0 aromatic carbocycles. The van der Waals surface area contributed by atoms with Crippen molar-refractivity contribution in [3.8, 4) is 0 Å². The molecular weight excluding hydrogens is 318 g/mol. The number of carbonyl (C=O) groups is 2. The van der Waals surface area contributed by atoms with Gasteiger partial charge in [0.05, 0.1) is 0 Å². The monoisotopic (exact) mass is 349 g/mol. The number of nitrogens with zero attached hydrogens (tertiary/aromatic N) is 2. The second-order valence-corrected chi connectivity index (χ2v) is 9.16. The normalized spacial score (nSPS) is 33.8. The van der Waals surface area contributed by atoms with Gasteiger partial charge in [-0.15, -0.1) is 0 Å². The fraction of sp³-hybridized carbons (Fsp3) is 0.842. The van der Waals surface area contributed by atoms with Crippen LogP contribution in [-0.2, 0) is 14.3 Å². The van der Waals surface area contributed by atoms with Crippen LogP contribution in [0.15, 0.2) is 4.99 Å². The van der Waals surface area contributed by atoms with Crippen LogP contribution < -0.4 is 5.32 Å². The molecule has 140 valence electrons. The van der Waals surface area contributed by atoms with E-state index in [4.69, 9.17) is 9.73 Å². The quantitative estimate of drug-likeness (QED) is 0.766. The third-order valence-electron chi connectivity index (χ3n) is 5.42. The second-order valence-electron chi connectivity index (χ2n) is 9.16. The van der Waals surface area contributed by atoms with Crippen LogP contribution in [-0.4, -0.2) is 59.8 Å². The topological polar surface area (TPSA) is 71.0 Å². The largest absolute Gasteiger partial charge is 0.459 e. The van der Waals surface area contributed by atoms with E-state index in [0.717, 1.165) is 25.9 Å². The van der Waals surface area contributed by atoms with Gasteiger partial charge in [-0.1, -0.05) is 13.8 Å². The zero-order valence-electron chi connectivity index (χ0n) is 16.0. The molecule has 4 bridgehead atoms. The minimum absolute atomic E-state index is 0.0968. The summed E-state index contributed by atoms with van der Waals surface area (Å²) < 4.78 is 5.29. The molecular formula is C19H31N3O3. The van der Waals surface area contributed by atoms with Gasteiger partial charge in [0.15, 0.2) is 5.54 Å². The summed E-state index contributed by atoms with van der Waals surface area (Å²) in [6.07, 6.45) is 3.99. The van der Waals surface area contributed by atoms with Crippen LogP contribution in [0.5, 0.6) is 0 Å². The van der Waals surface area contributed by atoms with E-state index in [1.807, 2.05) is 27.0 Å². The van der Waals surface area contributed by atoms with E-state index in [1.165, 1.54) is 0 Å². The van der Waals surface area contributed by atoms with Crippen molar-refractivity contribution in [2.45, 2.75) is 64.6 Å². The summed E-state index contributed by atoms with van der Waals surface area (Å²) in [7, 11) is 0. The lowest BCUT2D eigenvalue weighted by atomic mass is 9.66. The van der Waals surface area contributed by atoms with Crippen molar-refractivity contribution in [1.82, 2.24) is 10.2 Å². The smallest absolute Gasteiger partial charge is 0.325 e. The Hall–Kier alpha value is -1.43. The molecule has 25 heavy (non-hydrogen) atoms. The lowest BCUT2D eigenvalue weighted by molar-refractivity contribution is -0.155. The molecule has 1 amide bonds. The summed E-state index contributed by atoms with van der Waals surface area (Å²) >= 11 is 0. The molecule has 0 radical (unpaired) electrons. The molecule has 3 heterocycles. The van der Waals surface area contributed by atoms with Gasteiger partial charge in [-0.2, -0.15) is 0 Å². The van der Waals surface area contributed by atoms with Gasteiger partial charge >= 0.3 is 5.97 Å². The highest BCUT2D eigenvalue weighted by Gasteiger charge is 2.63. The minimum atomic E-state index is -0.717. The number of ether oxygens (including phenoxy) is 1. The number of hydrogen-bond acceptors (Lipinski definition) is 5. The molecule has 0 aromatic heterocycles. The fourth-order valence-electron chi connectivity index (χ4n) is 4.71. The second kappa shape index (κ2) is 6.38. The minimum Gasteiger partial charge on any atom is -0.459 e. The van der Waals surface area contributed by atoms with E-state index in [1.54, 1.807) is 0 Å². The standard InChI is InChI=1S/C19H31N3O3/c1-12(2)10-22-11-14-6-13-7-15(22)19(14,21-8-13)17(24)20-9-16(23)25-18(3,4)5/h8,12-15H,6-7,9-11H2,1-5H3,(H,20,24). The molecule has 3 aliphatic heterocycles. The summed E-state index contributed by atoms with van der Waals surface area (Å²) in [4.78, 5) is 32.2. The molecule has 0 aromatic rings. The van der Waals surface area contributed by atoms with Crippen LogP contribution in [0.25, 0.3) is 0 Å². The molecule has 4 rings (SSSR count). The first-order valence-corrected chi connectivity index (χ1v) is 9.41. The molecule has 1 saturated heterocycles. The first-order chi connectivity index (χ1) is 11.6. The average molecular weight is 349 g/mol. The number of likely N-dealkylation sites (tertiary alicyclic amines) is 1. The predicted octanol–water partition coefficient (Wildman–Crippen LogP) is 1.63. The Morgan fingerprint density at radius 2 is 2.08 bits per heavy atom. The van der Waals surface area contributed by atoms with Crippen LogP contribution in [0.1, 0.15) is 47.5 Å². The molecule has 1 aliphatic carbocycles.